The zero-order valence-corrected chi connectivity index (χ0v) is 11.1. The lowest BCUT2D eigenvalue weighted by molar-refractivity contribution is 0.0510. The normalized spacial score (nSPS) is 10.3. The molecule has 18 heavy (non-hydrogen) atoms. The fourth-order valence-corrected chi connectivity index (χ4v) is 2.31. The molecule has 0 amide bonds. The minimum absolute atomic E-state index is 0.362. The molecule has 0 saturated carbocycles. The summed E-state index contributed by atoms with van der Waals surface area (Å²) >= 11 is 7.49. The maximum Gasteiger partial charge on any atom is 0.338 e. The summed E-state index contributed by atoms with van der Waals surface area (Å²) in [6.45, 7) is 0.362. The summed E-state index contributed by atoms with van der Waals surface area (Å²) in [6, 6.07) is 8.71. The fourth-order valence-electron chi connectivity index (χ4n) is 1.44. The van der Waals surface area contributed by atoms with Crippen LogP contribution in [0.5, 0.6) is 0 Å². The number of carbonyl (C=O) groups excluding carboxylic acids is 1. The quantitative estimate of drug-likeness (QED) is 0.690. The second-order valence-corrected chi connectivity index (χ2v) is 5.14. The maximum absolute atomic E-state index is 11.7. The van der Waals surface area contributed by atoms with E-state index in [0.717, 1.165) is 6.42 Å². The molecule has 94 valence electrons. The molecule has 5 heteroatoms. The van der Waals surface area contributed by atoms with Crippen LogP contribution in [0.3, 0.4) is 0 Å². The van der Waals surface area contributed by atoms with Crippen molar-refractivity contribution in [3.05, 3.63) is 51.2 Å². The second-order valence-electron chi connectivity index (χ2n) is 3.70. The molecule has 2 aromatic rings. The SMILES string of the molecule is Nc1ccc(C(=O)OCCc2cccs2)cc1Cl. The zero-order chi connectivity index (χ0) is 13.0. The summed E-state index contributed by atoms with van der Waals surface area (Å²) in [4.78, 5) is 12.9. The van der Waals surface area contributed by atoms with E-state index in [-0.39, 0.29) is 5.97 Å². The van der Waals surface area contributed by atoms with Crippen molar-refractivity contribution < 1.29 is 9.53 Å². The maximum atomic E-state index is 11.7. The number of nitrogen functional groups attached to an aromatic ring is 1. The van der Waals surface area contributed by atoms with Gasteiger partial charge < -0.3 is 10.5 Å². The first-order valence-corrected chi connectivity index (χ1v) is 6.67. The average molecular weight is 282 g/mol. The van der Waals surface area contributed by atoms with Crippen molar-refractivity contribution in [3.8, 4) is 0 Å². The summed E-state index contributed by atoms with van der Waals surface area (Å²) in [6.07, 6.45) is 0.728. The average Bonchev–Trinajstić information content (AvgIpc) is 2.85. The minimum Gasteiger partial charge on any atom is -0.462 e. The standard InChI is InChI=1S/C13H12ClNO2S/c14-11-8-9(3-4-12(11)15)13(16)17-6-5-10-2-1-7-18-10/h1-4,7-8H,5-6,15H2. The number of thiophene rings is 1. The molecule has 0 spiro atoms. The lowest BCUT2D eigenvalue weighted by Crippen LogP contribution is -2.08. The van der Waals surface area contributed by atoms with Crippen LogP contribution in [0.25, 0.3) is 0 Å². The van der Waals surface area contributed by atoms with Gasteiger partial charge in [0.15, 0.2) is 0 Å². The number of ether oxygens (including phenoxy) is 1. The highest BCUT2D eigenvalue weighted by atomic mass is 35.5. The second kappa shape index (κ2) is 5.89. The topological polar surface area (TPSA) is 52.3 Å². The molecule has 0 unspecified atom stereocenters. The molecule has 0 saturated heterocycles. The van der Waals surface area contributed by atoms with Gasteiger partial charge in [0, 0.05) is 11.3 Å². The van der Waals surface area contributed by atoms with Gasteiger partial charge in [-0.1, -0.05) is 17.7 Å². The van der Waals surface area contributed by atoms with E-state index in [2.05, 4.69) is 0 Å². The number of carbonyl (C=O) groups is 1. The van der Waals surface area contributed by atoms with E-state index in [1.165, 1.54) is 10.9 Å². The smallest absolute Gasteiger partial charge is 0.338 e. The molecule has 1 aromatic carbocycles. The van der Waals surface area contributed by atoms with Crippen LogP contribution in [0, 0.1) is 0 Å². The molecule has 0 fully saturated rings. The van der Waals surface area contributed by atoms with Crippen molar-refractivity contribution in [1.29, 1.82) is 0 Å². The summed E-state index contributed by atoms with van der Waals surface area (Å²) in [5.74, 6) is -0.381. The predicted octanol–water partition coefficient (Wildman–Crippen LogP) is 3.38. The zero-order valence-electron chi connectivity index (χ0n) is 9.56. The highest BCUT2D eigenvalue weighted by molar-refractivity contribution is 7.09. The molecular formula is C13H12ClNO2S. The Kier molecular flexibility index (Phi) is 4.23. The monoisotopic (exact) mass is 281 g/mol. The van der Waals surface area contributed by atoms with Gasteiger partial charge in [-0.2, -0.15) is 0 Å². The predicted molar refractivity (Wildman–Crippen MR) is 74.2 cm³/mol. The van der Waals surface area contributed by atoms with Crippen LogP contribution >= 0.6 is 22.9 Å². The van der Waals surface area contributed by atoms with E-state index < -0.39 is 0 Å². The molecule has 1 heterocycles. The van der Waals surface area contributed by atoms with Crippen molar-refractivity contribution >= 4 is 34.6 Å². The molecule has 2 rings (SSSR count). The van der Waals surface area contributed by atoms with Crippen LogP contribution in [-0.4, -0.2) is 12.6 Å². The van der Waals surface area contributed by atoms with Crippen molar-refractivity contribution in [1.82, 2.24) is 0 Å². The van der Waals surface area contributed by atoms with E-state index in [0.29, 0.717) is 22.9 Å². The van der Waals surface area contributed by atoms with Crippen LogP contribution in [0.4, 0.5) is 5.69 Å². The third kappa shape index (κ3) is 3.24. The van der Waals surface area contributed by atoms with Crippen LogP contribution in [0.15, 0.2) is 35.7 Å². The molecular weight excluding hydrogens is 270 g/mol. The molecule has 0 aliphatic rings. The van der Waals surface area contributed by atoms with E-state index in [4.69, 9.17) is 22.1 Å². The Labute approximate surface area is 114 Å². The van der Waals surface area contributed by atoms with E-state index in [9.17, 15) is 4.79 Å². The molecule has 0 aliphatic heterocycles. The Hall–Kier alpha value is -1.52. The lowest BCUT2D eigenvalue weighted by atomic mass is 10.2. The van der Waals surface area contributed by atoms with Gasteiger partial charge in [0.1, 0.15) is 0 Å². The third-order valence-corrected chi connectivity index (χ3v) is 3.66. The Morgan fingerprint density at radius 1 is 1.39 bits per heavy atom. The number of nitrogens with two attached hydrogens (primary N) is 1. The first-order valence-electron chi connectivity index (χ1n) is 5.41. The number of hydrogen-bond donors (Lipinski definition) is 1. The van der Waals surface area contributed by atoms with E-state index in [1.54, 1.807) is 23.5 Å². The summed E-state index contributed by atoms with van der Waals surface area (Å²) < 4.78 is 5.16. The van der Waals surface area contributed by atoms with E-state index >= 15 is 0 Å². The van der Waals surface area contributed by atoms with E-state index in [1.807, 2.05) is 17.5 Å². The summed E-state index contributed by atoms with van der Waals surface area (Å²) in [5, 5.41) is 2.36. The highest BCUT2D eigenvalue weighted by Gasteiger charge is 2.09. The Morgan fingerprint density at radius 3 is 2.89 bits per heavy atom. The number of anilines is 1. The highest BCUT2D eigenvalue weighted by Crippen LogP contribution is 2.20. The van der Waals surface area contributed by atoms with Crippen molar-refractivity contribution in [2.45, 2.75) is 6.42 Å². The minimum atomic E-state index is -0.381. The number of hydrogen-bond acceptors (Lipinski definition) is 4. The van der Waals surface area contributed by atoms with Crippen LogP contribution < -0.4 is 5.73 Å². The fraction of sp³-hybridized carbons (Fsp3) is 0.154. The number of rotatable bonds is 4. The summed E-state index contributed by atoms with van der Waals surface area (Å²) in [7, 11) is 0. The molecule has 0 radical (unpaired) electrons. The van der Waals surface area contributed by atoms with Gasteiger partial charge in [0.2, 0.25) is 0 Å². The molecule has 3 nitrogen and oxygen atoms in total. The van der Waals surface area contributed by atoms with Gasteiger partial charge in [-0.05, 0) is 29.6 Å². The van der Waals surface area contributed by atoms with Crippen LogP contribution in [-0.2, 0) is 11.2 Å². The molecule has 0 bridgehead atoms. The van der Waals surface area contributed by atoms with Gasteiger partial charge in [0.25, 0.3) is 0 Å². The Bertz CT molecular complexity index is 540. The van der Waals surface area contributed by atoms with Gasteiger partial charge in [0.05, 0.1) is 22.9 Å². The van der Waals surface area contributed by atoms with Gasteiger partial charge in [-0.3, -0.25) is 0 Å². The van der Waals surface area contributed by atoms with Gasteiger partial charge in [-0.25, -0.2) is 4.79 Å². The number of benzene rings is 1. The summed E-state index contributed by atoms with van der Waals surface area (Å²) in [5.41, 5.74) is 6.44. The molecule has 2 N–H and O–H groups in total. The molecule has 0 atom stereocenters. The van der Waals surface area contributed by atoms with Crippen LogP contribution in [0.1, 0.15) is 15.2 Å². The Balaban J connectivity index is 1.89. The first kappa shape index (κ1) is 12.9. The number of halogens is 1. The van der Waals surface area contributed by atoms with Crippen molar-refractivity contribution in [3.63, 3.8) is 0 Å². The first-order chi connectivity index (χ1) is 8.66. The van der Waals surface area contributed by atoms with Crippen LogP contribution in [0.2, 0.25) is 5.02 Å². The number of esters is 1. The van der Waals surface area contributed by atoms with Crippen molar-refractivity contribution in [2.24, 2.45) is 0 Å². The molecule has 0 aliphatic carbocycles. The Morgan fingerprint density at radius 2 is 2.22 bits per heavy atom. The van der Waals surface area contributed by atoms with Gasteiger partial charge >= 0.3 is 5.97 Å². The largest absolute Gasteiger partial charge is 0.462 e. The third-order valence-electron chi connectivity index (χ3n) is 2.40. The molecule has 1 aromatic heterocycles. The van der Waals surface area contributed by atoms with Gasteiger partial charge in [-0.15, -0.1) is 11.3 Å². The lowest BCUT2D eigenvalue weighted by Gasteiger charge is -2.05. The van der Waals surface area contributed by atoms with Crippen molar-refractivity contribution in [2.75, 3.05) is 12.3 Å².